The zero-order valence-corrected chi connectivity index (χ0v) is 16.7. The van der Waals surface area contributed by atoms with E-state index in [1.54, 1.807) is 33.5 Å². The van der Waals surface area contributed by atoms with Gasteiger partial charge in [0.05, 0.1) is 21.3 Å². The van der Waals surface area contributed by atoms with Crippen molar-refractivity contribution in [1.82, 2.24) is 15.0 Å². The van der Waals surface area contributed by atoms with Gasteiger partial charge in [-0.2, -0.15) is 4.98 Å². The molecule has 0 unspecified atom stereocenters. The van der Waals surface area contributed by atoms with Crippen LogP contribution < -0.4 is 24.8 Å². The van der Waals surface area contributed by atoms with Crippen LogP contribution in [0.25, 0.3) is 0 Å². The number of anilines is 4. The SMILES string of the molecule is COc1cc(Nc2ncnc(Nc3ccc4c(c3)CCC4)n2)cc(OC)c1OC. The summed E-state index contributed by atoms with van der Waals surface area (Å²) in [6, 6.07) is 9.97. The Morgan fingerprint density at radius 1 is 0.759 bits per heavy atom. The van der Waals surface area contributed by atoms with Crippen LogP contribution in [-0.2, 0) is 12.8 Å². The number of nitrogens with one attached hydrogen (secondary N) is 2. The van der Waals surface area contributed by atoms with E-state index in [9.17, 15) is 0 Å². The summed E-state index contributed by atoms with van der Waals surface area (Å²) < 4.78 is 16.1. The molecule has 150 valence electrons. The normalized spacial score (nSPS) is 12.2. The summed E-state index contributed by atoms with van der Waals surface area (Å²) in [7, 11) is 4.71. The van der Waals surface area contributed by atoms with Crippen LogP contribution in [0.5, 0.6) is 17.2 Å². The van der Waals surface area contributed by atoms with E-state index in [0.29, 0.717) is 34.8 Å². The van der Waals surface area contributed by atoms with Crippen molar-refractivity contribution in [3.05, 3.63) is 47.8 Å². The molecular weight excluding hydrogens is 370 g/mol. The van der Waals surface area contributed by atoms with Gasteiger partial charge < -0.3 is 24.8 Å². The maximum atomic E-state index is 5.39. The predicted molar refractivity (Wildman–Crippen MR) is 111 cm³/mol. The highest BCUT2D eigenvalue weighted by Gasteiger charge is 2.14. The third-order valence-corrected chi connectivity index (χ3v) is 4.85. The first-order chi connectivity index (χ1) is 14.2. The lowest BCUT2D eigenvalue weighted by Crippen LogP contribution is -2.04. The molecule has 8 nitrogen and oxygen atoms in total. The maximum absolute atomic E-state index is 5.39. The molecular formula is C21H23N5O3. The summed E-state index contributed by atoms with van der Waals surface area (Å²) in [5.74, 6) is 2.47. The van der Waals surface area contributed by atoms with E-state index < -0.39 is 0 Å². The number of benzene rings is 2. The average molecular weight is 393 g/mol. The van der Waals surface area contributed by atoms with Crippen molar-refractivity contribution in [3.63, 3.8) is 0 Å². The van der Waals surface area contributed by atoms with E-state index in [1.807, 2.05) is 0 Å². The fourth-order valence-corrected chi connectivity index (χ4v) is 3.48. The molecule has 0 radical (unpaired) electrons. The van der Waals surface area contributed by atoms with Crippen LogP contribution in [0.2, 0.25) is 0 Å². The second-order valence-corrected chi connectivity index (χ2v) is 6.63. The Balaban J connectivity index is 1.55. The van der Waals surface area contributed by atoms with Gasteiger partial charge in [0.25, 0.3) is 0 Å². The lowest BCUT2D eigenvalue weighted by molar-refractivity contribution is 0.324. The Bertz CT molecular complexity index is 1000. The van der Waals surface area contributed by atoms with Crippen molar-refractivity contribution >= 4 is 23.3 Å². The molecule has 4 rings (SSSR count). The molecule has 0 spiro atoms. The molecule has 0 atom stereocenters. The average Bonchev–Trinajstić information content (AvgIpc) is 3.21. The molecule has 1 aromatic heterocycles. The summed E-state index contributed by atoms with van der Waals surface area (Å²) in [6.45, 7) is 0. The molecule has 0 saturated carbocycles. The minimum absolute atomic E-state index is 0.401. The second-order valence-electron chi connectivity index (χ2n) is 6.63. The summed E-state index contributed by atoms with van der Waals surface area (Å²) in [5.41, 5.74) is 4.49. The van der Waals surface area contributed by atoms with Crippen molar-refractivity contribution in [2.24, 2.45) is 0 Å². The molecule has 0 amide bonds. The number of ether oxygens (including phenoxy) is 3. The van der Waals surface area contributed by atoms with Crippen molar-refractivity contribution in [3.8, 4) is 17.2 Å². The number of aryl methyl sites for hydroxylation is 2. The molecule has 8 heteroatoms. The Labute approximate surface area is 169 Å². The van der Waals surface area contributed by atoms with E-state index in [-0.39, 0.29) is 0 Å². The van der Waals surface area contributed by atoms with Crippen LogP contribution in [0, 0.1) is 0 Å². The third-order valence-electron chi connectivity index (χ3n) is 4.85. The molecule has 0 aliphatic heterocycles. The van der Waals surface area contributed by atoms with Crippen molar-refractivity contribution in [1.29, 1.82) is 0 Å². The van der Waals surface area contributed by atoms with Gasteiger partial charge in [-0.3, -0.25) is 0 Å². The molecule has 0 saturated heterocycles. The van der Waals surface area contributed by atoms with Crippen LogP contribution in [-0.4, -0.2) is 36.3 Å². The first-order valence-electron chi connectivity index (χ1n) is 9.35. The molecule has 0 fully saturated rings. The Morgan fingerprint density at radius 2 is 1.41 bits per heavy atom. The molecule has 1 aliphatic carbocycles. The van der Waals surface area contributed by atoms with Gasteiger partial charge in [0.1, 0.15) is 6.33 Å². The zero-order valence-electron chi connectivity index (χ0n) is 16.7. The van der Waals surface area contributed by atoms with Gasteiger partial charge in [-0.15, -0.1) is 0 Å². The highest BCUT2D eigenvalue weighted by molar-refractivity contribution is 5.66. The van der Waals surface area contributed by atoms with E-state index in [4.69, 9.17) is 14.2 Å². The van der Waals surface area contributed by atoms with Crippen molar-refractivity contribution in [2.75, 3.05) is 32.0 Å². The summed E-state index contributed by atoms with van der Waals surface area (Å²) >= 11 is 0. The molecule has 2 aromatic carbocycles. The minimum atomic E-state index is 0.401. The Morgan fingerprint density at radius 3 is 2.07 bits per heavy atom. The molecule has 0 bridgehead atoms. The Hall–Kier alpha value is -3.55. The van der Waals surface area contributed by atoms with Crippen LogP contribution in [0.15, 0.2) is 36.7 Å². The monoisotopic (exact) mass is 393 g/mol. The molecule has 1 heterocycles. The second kappa shape index (κ2) is 8.22. The predicted octanol–water partition coefficient (Wildman–Crippen LogP) is 3.87. The van der Waals surface area contributed by atoms with E-state index in [0.717, 1.165) is 18.5 Å². The van der Waals surface area contributed by atoms with E-state index in [2.05, 4.69) is 43.8 Å². The molecule has 1 aliphatic rings. The number of hydrogen-bond donors (Lipinski definition) is 2. The molecule has 29 heavy (non-hydrogen) atoms. The minimum Gasteiger partial charge on any atom is -0.493 e. The summed E-state index contributed by atoms with van der Waals surface area (Å²) in [4.78, 5) is 12.9. The highest BCUT2D eigenvalue weighted by atomic mass is 16.5. The smallest absolute Gasteiger partial charge is 0.232 e. The number of rotatable bonds is 7. The van der Waals surface area contributed by atoms with Crippen LogP contribution in [0.4, 0.5) is 23.3 Å². The Kier molecular flexibility index (Phi) is 5.33. The van der Waals surface area contributed by atoms with Crippen molar-refractivity contribution in [2.45, 2.75) is 19.3 Å². The van der Waals surface area contributed by atoms with Gasteiger partial charge in [0.2, 0.25) is 17.6 Å². The summed E-state index contributed by atoms with van der Waals surface area (Å²) in [5, 5.41) is 6.41. The van der Waals surface area contributed by atoms with Crippen LogP contribution >= 0.6 is 0 Å². The quantitative estimate of drug-likeness (QED) is 0.625. The van der Waals surface area contributed by atoms with Gasteiger partial charge in [-0.1, -0.05) is 6.07 Å². The fourth-order valence-electron chi connectivity index (χ4n) is 3.48. The van der Waals surface area contributed by atoms with Crippen LogP contribution in [0.1, 0.15) is 17.5 Å². The zero-order chi connectivity index (χ0) is 20.2. The van der Waals surface area contributed by atoms with Gasteiger partial charge in [-0.05, 0) is 42.5 Å². The van der Waals surface area contributed by atoms with E-state index in [1.165, 1.54) is 23.9 Å². The first kappa shape index (κ1) is 18.8. The highest BCUT2D eigenvalue weighted by Crippen LogP contribution is 2.40. The summed E-state index contributed by atoms with van der Waals surface area (Å²) in [6.07, 6.45) is 4.96. The number of nitrogens with zero attached hydrogens (tertiary/aromatic N) is 3. The maximum Gasteiger partial charge on any atom is 0.232 e. The number of fused-ring (bicyclic) bond motifs is 1. The van der Waals surface area contributed by atoms with Crippen molar-refractivity contribution < 1.29 is 14.2 Å². The van der Waals surface area contributed by atoms with Gasteiger partial charge in [0.15, 0.2) is 11.5 Å². The lowest BCUT2D eigenvalue weighted by Gasteiger charge is -2.14. The first-order valence-corrected chi connectivity index (χ1v) is 9.35. The van der Waals surface area contributed by atoms with Crippen LogP contribution in [0.3, 0.4) is 0 Å². The lowest BCUT2D eigenvalue weighted by atomic mass is 10.1. The topological polar surface area (TPSA) is 90.4 Å². The third kappa shape index (κ3) is 4.01. The molecule has 2 N–H and O–H groups in total. The standard InChI is InChI=1S/C21H23N5O3/c1-27-17-10-16(11-18(28-2)19(17)29-3)25-21-23-12-22-20(26-21)24-15-8-7-13-5-4-6-14(13)9-15/h7-12H,4-6H2,1-3H3,(H2,22,23,24,25,26). The molecule has 3 aromatic rings. The number of hydrogen-bond acceptors (Lipinski definition) is 8. The van der Waals surface area contributed by atoms with Gasteiger partial charge >= 0.3 is 0 Å². The van der Waals surface area contributed by atoms with Gasteiger partial charge in [0, 0.05) is 23.5 Å². The fraction of sp³-hybridized carbons (Fsp3) is 0.286. The number of methoxy groups -OCH3 is 3. The van der Waals surface area contributed by atoms with Gasteiger partial charge in [-0.25, -0.2) is 9.97 Å². The largest absolute Gasteiger partial charge is 0.493 e. The van der Waals surface area contributed by atoms with E-state index >= 15 is 0 Å². The number of aromatic nitrogens is 3.